The molecule has 0 fully saturated rings. The van der Waals surface area contributed by atoms with Crippen LogP contribution in [0.1, 0.15) is 64.2 Å². The van der Waals surface area contributed by atoms with E-state index in [2.05, 4.69) is 0 Å². The first-order valence-electron chi connectivity index (χ1n) is 14.0. The Morgan fingerprint density at radius 2 is 0.676 bits per heavy atom. The van der Waals surface area contributed by atoms with Gasteiger partial charge in [-0.15, -0.1) is 0 Å². The van der Waals surface area contributed by atoms with Gasteiger partial charge in [-0.1, -0.05) is 44.9 Å². The van der Waals surface area contributed by atoms with Gasteiger partial charge in [0.2, 0.25) is 0 Å². The van der Waals surface area contributed by atoms with E-state index in [9.17, 15) is 4.79 Å². The minimum atomic E-state index is -0.686. The summed E-state index contributed by atoms with van der Waals surface area (Å²) in [6.45, 7) is 8.63. The fourth-order valence-electron chi connectivity index (χ4n) is 3.28. The van der Waals surface area contributed by atoms with Crippen LogP contribution in [0.5, 0.6) is 0 Å². The van der Waals surface area contributed by atoms with E-state index in [1.165, 1.54) is 32.1 Å². The Hall–Kier alpha value is -0.850. The Morgan fingerprint density at radius 3 is 1.00 bits per heavy atom. The van der Waals surface area contributed by atoms with Gasteiger partial charge in [-0.3, -0.25) is 4.79 Å². The molecule has 37 heavy (non-hydrogen) atoms. The standard InChI is InChI=1S/C27H54O10/c1-30-13-14-32-17-18-34-21-22-36-25-26-37-24-23-35-20-19-33-16-15-31-12-10-8-6-4-2-3-5-7-9-11-27(28)29/h2-26H2,1H3,(H,28,29). The molecule has 0 aliphatic rings. The number of hydrogen-bond acceptors (Lipinski definition) is 9. The summed E-state index contributed by atoms with van der Waals surface area (Å²) in [6.07, 6.45) is 10.5. The molecule has 0 heterocycles. The maximum Gasteiger partial charge on any atom is 0.303 e. The van der Waals surface area contributed by atoms with Crippen molar-refractivity contribution in [1.82, 2.24) is 0 Å². The van der Waals surface area contributed by atoms with E-state index in [4.69, 9.17) is 43.0 Å². The van der Waals surface area contributed by atoms with Gasteiger partial charge in [0, 0.05) is 20.1 Å². The van der Waals surface area contributed by atoms with E-state index >= 15 is 0 Å². The molecule has 0 saturated heterocycles. The second-order valence-corrected chi connectivity index (χ2v) is 8.61. The molecule has 0 amide bonds. The fourth-order valence-corrected chi connectivity index (χ4v) is 3.28. The Labute approximate surface area is 224 Å². The minimum Gasteiger partial charge on any atom is -0.481 e. The number of ether oxygens (including phenoxy) is 8. The van der Waals surface area contributed by atoms with Gasteiger partial charge in [0.1, 0.15) is 0 Å². The van der Waals surface area contributed by atoms with Gasteiger partial charge in [-0.25, -0.2) is 0 Å². The lowest BCUT2D eigenvalue weighted by atomic mass is 10.1. The van der Waals surface area contributed by atoms with Crippen LogP contribution in [0.15, 0.2) is 0 Å². The number of aliphatic carboxylic acids is 1. The molecule has 10 nitrogen and oxygen atoms in total. The van der Waals surface area contributed by atoms with E-state index < -0.39 is 5.97 Å². The van der Waals surface area contributed by atoms with Crippen LogP contribution in [0.25, 0.3) is 0 Å². The van der Waals surface area contributed by atoms with E-state index in [1.54, 1.807) is 7.11 Å². The summed E-state index contributed by atoms with van der Waals surface area (Å²) in [5.74, 6) is -0.686. The van der Waals surface area contributed by atoms with E-state index in [0.717, 1.165) is 32.3 Å². The van der Waals surface area contributed by atoms with E-state index in [1.807, 2.05) is 0 Å². The van der Waals surface area contributed by atoms with Crippen molar-refractivity contribution in [3.05, 3.63) is 0 Å². The lowest BCUT2D eigenvalue weighted by molar-refractivity contribution is -0.137. The number of carboxylic acid groups (broad SMARTS) is 1. The van der Waals surface area contributed by atoms with Crippen molar-refractivity contribution in [1.29, 1.82) is 0 Å². The average Bonchev–Trinajstić information content (AvgIpc) is 2.89. The fraction of sp³-hybridized carbons (Fsp3) is 0.963. The molecular formula is C27H54O10. The van der Waals surface area contributed by atoms with Crippen molar-refractivity contribution in [3.8, 4) is 0 Å². The summed E-state index contributed by atoms with van der Waals surface area (Å²) in [6, 6.07) is 0. The number of unbranched alkanes of at least 4 members (excludes halogenated alkanes) is 8. The van der Waals surface area contributed by atoms with Crippen molar-refractivity contribution < 1.29 is 47.8 Å². The van der Waals surface area contributed by atoms with Crippen molar-refractivity contribution in [2.75, 3.05) is 106 Å². The van der Waals surface area contributed by atoms with E-state index in [-0.39, 0.29) is 0 Å². The highest BCUT2D eigenvalue weighted by molar-refractivity contribution is 5.66. The SMILES string of the molecule is COCCOCCOCCOCCOCCOCCOCCOCCCCCCCCCCCC(=O)O. The number of carboxylic acids is 1. The normalized spacial score (nSPS) is 11.4. The molecule has 0 spiro atoms. The third-order valence-electron chi connectivity index (χ3n) is 5.34. The zero-order chi connectivity index (χ0) is 26.9. The van der Waals surface area contributed by atoms with Crippen molar-refractivity contribution in [2.45, 2.75) is 64.2 Å². The third kappa shape index (κ3) is 35.1. The van der Waals surface area contributed by atoms with Crippen molar-refractivity contribution >= 4 is 5.97 Å². The van der Waals surface area contributed by atoms with Gasteiger partial charge < -0.3 is 43.0 Å². The van der Waals surface area contributed by atoms with Gasteiger partial charge in [-0.05, 0) is 12.8 Å². The molecule has 10 heteroatoms. The zero-order valence-corrected chi connectivity index (χ0v) is 23.3. The predicted octanol–water partition coefficient (Wildman–Crippen LogP) is 3.73. The van der Waals surface area contributed by atoms with Crippen LogP contribution in [0, 0.1) is 0 Å². The third-order valence-corrected chi connectivity index (χ3v) is 5.34. The molecule has 0 bridgehead atoms. The highest BCUT2D eigenvalue weighted by Crippen LogP contribution is 2.10. The molecule has 0 aromatic carbocycles. The average molecular weight is 539 g/mol. The molecule has 0 aliphatic heterocycles. The second kappa shape index (κ2) is 33.2. The molecule has 1 N–H and O–H groups in total. The summed E-state index contributed by atoms with van der Waals surface area (Å²) in [5, 5.41) is 8.59. The first-order chi connectivity index (χ1) is 18.3. The van der Waals surface area contributed by atoms with Crippen LogP contribution in [-0.2, 0) is 42.7 Å². The van der Waals surface area contributed by atoms with Crippen LogP contribution in [-0.4, -0.2) is 117 Å². The molecule has 0 radical (unpaired) electrons. The van der Waals surface area contributed by atoms with Crippen LogP contribution in [0.3, 0.4) is 0 Å². The Kier molecular flexibility index (Phi) is 32.4. The quantitative estimate of drug-likeness (QED) is 0.124. The molecule has 0 saturated carbocycles. The number of rotatable bonds is 33. The molecule has 222 valence electrons. The first-order valence-corrected chi connectivity index (χ1v) is 14.0. The predicted molar refractivity (Wildman–Crippen MR) is 141 cm³/mol. The summed E-state index contributed by atoms with van der Waals surface area (Å²) in [5.41, 5.74) is 0. The first kappa shape index (κ1) is 36.1. The highest BCUT2D eigenvalue weighted by Gasteiger charge is 1.98. The molecule has 0 unspecified atom stereocenters. The second-order valence-electron chi connectivity index (χ2n) is 8.61. The van der Waals surface area contributed by atoms with Crippen LogP contribution < -0.4 is 0 Å². The van der Waals surface area contributed by atoms with Crippen LogP contribution >= 0.6 is 0 Å². The molecule has 0 rings (SSSR count). The maximum absolute atomic E-state index is 10.4. The Morgan fingerprint density at radius 1 is 0.405 bits per heavy atom. The number of methoxy groups -OCH3 is 1. The Bertz CT molecular complexity index is 439. The van der Waals surface area contributed by atoms with Crippen LogP contribution in [0.4, 0.5) is 0 Å². The number of carbonyl (C=O) groups is 1. The van der Waals surface area contributed by atoms with Gasteiger partial charge in [0.05, 0.1) is 92.5 Å². The molecule has 0 atom stereocenters. The molecule has 0 aromatic heterocycles. The minimum absolute atomic E-state index is 0.303. The van der Waals surface area contributed by atoms with Crippen molar-refractivity contribution in [2.24, 2.45) is 0 Å². The Balaban J connectivity index is 3.02. The molecule has 0 aliphatic carbocycles. The number of hydrogen-bond donors (Lipinski definition) is 1. The summed E-state index contributed by atoms with van der Waals surface area (Å²) >= 11 is 0. The van der Waals surface area contributed by atoms with Gasteiger partial charge in [0.25, 0.3) is 0 Å². The molecular weight excluding hydrogens is 484 g/mol. The summed E-state index contributed by atoms with van der Waals surface area (Å²) in [7, 11) is 1.65. The lowest BCUT2D eigenvalue weighted by Crippen LogP contribution is -2.14. The smallest absolute Gasteiger partial charge is 0.303 e. The summed E-state index contributed by atoms with van der Waals surface area (Å²) < 4.78 is 43.0. The van der Waals surface area contributed by atoms with Gasteiger partial charge >= 0.3 is 5.97 Å². The van der Waals surface area contributed by atoms with Crippen LogP contribution in [0.2, 0.25) is 0 Å². The maximum atomic E-state index is 10.4. The highest BCUT2D eigenvalue weighted by atomic mass is 16.6. The largest absolute Gasteiger partial charge is 0.481 e. The molecule has 0 aromatic rings. The topological polar surface area (TPSA) is 111 Å². The van der Waals surface area contributed by atoms with Gasteiger partial charge in [-0.2, -0.15) is 0 Å². The van der Waals surface area contributed by atoms with E-state index in [0.29, 0.717) is 98.9 Å². The zero-order valence-electron chi connectivity index (χ0n) is 23.3. The summed E-state index contributed by atoms with van der Waals surface area (Å²) in [4.78, 5) is 10.4. The van der Waals surface area contributed by atoms with Crippen molar-refractivity contribution in [3.63, 3.8) is 0 Å². The lowest BCUT2D eigenvalue weighted by Gasteiger charge is -2.08. The van der Waals surface area contributed by atoms with Gasteiger partial charge in [0.15, 0.2) is 0 Å². The monoisotopic (exact) mass is 538 g/mol.